The van der Waals surface area contributed by atoms with E-state index in [0.29, 0.717) is 10.7 Å². The highest BCUT2D eigenvalue weighted by Crippen LogP contribution is 2.18. The van der Waals surface area contributed by atoms with Crippen molar-refractivity contribution in [2.24, 2.45) is 5.10 Å². The van der Waals surface area contributed by atoms with E-state index in [1.165, 1.54) is 23.6 Å². The molecule has 1 aromatic carbocycles. The highest BCUT2D eigenvalue weighted by molar-refractivity contribution is 7.13. The highest BCUT2D eigenvalue weighted by Gasteiger charge is 2.08. The molecule has 7 heteroatoms. The topological polar surface area (TPSA) is 80.4 Å². The fraction of sp³-hybridized carbons (Fsp3) is 0. The first-order chi connectivity index (χ1) is 9.27. The molecule has 0 bridgehead atoms. The summed E-state index contributed by atoms with van der Waals surface area (Å²) in [5.74, 6) is 0. The van der Waals surface area contributed by atoms with Crippen molar-refractivity contribution in [1.82, 2.24) is 4.98 Å². The van der Waals surface area contributed by atoms with E-state index in [1.807, 2.05) is 5.38 Å². The second-order valence-corrected chi connectivity index (χ2v) is 4.30. The average Bonchev–Trinajstić information content (AvgIpc) is 2.92. The van der Waals surface area contributed by atoms with Crippen LogP contribution in [0.5, 0.6) is 0 Å². The molecule has 1 N–H and O–H groups in total. The molecule has 0 saturated carbocycles. The molecule has 0 saturated heterocycles. The third-order valence-corrected chi connectivity index (χ3v) is 2.84. The molecular formula is C12H10N4O2S. The summed E-state index contributed by atoms with van der Waals surface area (Å²) in [6, 6.07) is 6.52. The van der Waals surface area contributed by atoms with Crippen LogP contribution >= 0.6 is 11.3 Å². The number of para-hydroxylation sites is 1. The number of aromatic nitrogens is 1. The normalized spacial score (nSPS) is 11.2. The Morgan fingerprint density at radius 1 is 1.42 bits per heavy atom. The van der Waals surface area contributed by atoms with Gasteiger partial charge in [0.25, 0.3) is 5.69 Å². The second kappa shape index (κ2) is 6.41. The zero-order valence-electron chi connectivity index (χ0n) is 9.76. The molecule has 1 heterocycles. The van der Waals surface area contributed by atoms with E-state index in [9.17, 15) is 10.1 Å². The molecule has 0 aliphatic carbocycles. The number of nitro benzene ring substituents is 1. The maximum atomic E-state index is 10.8. The first-order valence-electron chi connectivity index (χ1n) is 5.36. The monoisotopic (exact) mass is 274 g/mol. The quantitative estimate of drug-likeness (QED) is 0.516. The molecule has 2 rings (SSSR count). The second-order valence-electron chi connectivity index (χ2n) is 3.40. The van der Waals surface area contributed by atoms with Crippen molar-refractivity contribution in [1.29, 1.82) is 0 Å². The van der Waals surface area contributed by atoms with E-state index in [1.54, 1.807) is 36.5 Å². The zero-order valence-corrected chi connectivity index (χ0v) is 10.6. The van der Waals surface area contributed by atoms with Crippen LogP contribution in [0.4, 0.5) is 10.8 Å². The van der Waals surface area contributed by atoms with Crippen LogP contribution in [0.2, 0.25) is 0 Å². The van der Waals surface area contributed by atoms with Crippen molar-refractivity contribution in [3.63, 3.8) is 0 Å². The van der Waals surface area contributed by atoms with Gasteiger partial charge in [0.05, 0.1) is 10.5 Å². The Bertz CT molecular complexity index is 608. The van der Waals surface area contributed by atoms with Crippen molar-refractivity contribution in [2.75, 3.05) is 5.43 Å². The Hall–Kier alpha value is -2.54. The van der Waals surface area contributed by atoms with Gasteiger partial charge in [-0.2, -0.15) is 5.10 Å². The lowest BCUT2D eigenvalue weighted by Crippen LogP contribution is -1.90. The number of hydrogen-bond donors (Lipinski definition) is 1. The van der Waals surface area contributed by atoms with Gasteiger partial charge in [-0.15, -0.1) is 11.3 Å². The lowest BCUT2D eigenvalue weighted by atomic mass is 10.2. The summed E-state index contributed by atoms with van der Waals surface area (Å²) in [5.41, 5.74) is 3.34. The summed E-state index contributed by atoms with van der Waals surface area (Å²) < 4.78 is 0. The number of benzene rings is 1. The van der Waals surface area contributed by atoms with Crippen LogP contribution in [-0.4, -0.2) is 16.1 Å². The van der Waals surface area contributed by atoms with Crippen LogP contribution in [0, 0.1) is 10.1 Å². The molecule has 0 unspecified atom stereocenters. The van der Waals surface area contributed by atoms with Crippen molar-refractivity contribution < 1.29 is 4.92 Å². The summed E-state index contributed by atoms with van der Waals surface area (Å²) in [6.07, 6.45) is 6.44. The highest BCUT2D eigenvalue weighted by atomic mass is 32.1. The van der Waals surface area contributed by atoms with Gasteiger partial charge >= 0.3 is 0 Å². The Balaban J connectivity index is 1.99. The smallest absolute Gasteiger partial charge is 0.258 e. The SMILES string of the molecule is O=[N+]([O-])c1ccccc1C=CC=NNc1nccs1. The Morgan fingerprint density at radius 2 is 2.26 bits per heavy atom. The molecule has 19 heavy (non-hydrogen) atoms. The van der Waals surface area contributed by atoms with Crippen molar-refractivity contribution >= 4 is 34.4 Å². The van der Waals surface area contributed by atoms with Gasteiger partial charge in [0, 0.05) is 23.9 Å². The number of nitro groups is 1. The molecule has 1 aromatic heterocycles. The van der Waals surface area contributed by atoms with Gasteiger partial charge in [-0.25, -0.2) is 4.98 Å². The number of nitrogens with zero attached hydrogens (tertiary/aromatic N) is 3. The predicted molar refractivity (Wildman–Crippen MR) is 76.4 cm³/mol. The molecule has 2 aromatic rings. The van der Waals surface area contributed by atoms with Gasteiger partial charge in [0.1, 0.15) is 0 Å². The summed E-state index contributed by atoms with van der Waals surface area (Å²) in [4.78, 5) is 14.4. The average molecular weight is 274 g/mol. The predicted octanol–water partition coefficient (Wildman–Crippen LogP) is 3.16. The third kappa shape index (κ3) is 3.71. The van der Waals surface area contributed by atoms with Gasteiger partial charge in [-0.05, 0) is 18.2 Å². The number of anilines is 1. The fourth-order valence-electron chi connectivity index (χ4n) is 1.36. The Kier molecular flexibility index (Phi) is 4.35. The van der Waals surface area contributed by atoms with Crippen molar-refractivity contribution in [3.05, 3.63) is 57.6 Å². The van der Waals surface area contributed by atoms with E-state index in [-0.39, 0.29) is 5.69 Å². The maximum absolute atomic E-state index is 10.8. The molecule has 6 nitrogen and oxygen atoms in total. The minimum atomic E-state index is -0.412. The van der Waals surface area contributed by atoms with Gasteiger partial charge in [0.15, 0.2) is 0 Å². The summed E-state index contributed by atoms with van der Waals surface area (Å²) in [6.45, 7) is 0. The van der Waals surface area contributed by atoms with Crippen molar-refractivity contribution in [2.45, 2.75) is 0 Å². The number of hydrogen-bond acceptors (Lipinski definition) is 6. The van der Waals surface area contributed by atoms with Crippen LogP contribution in [0.3, 0.4) is 0 Å². The Morgan fingerprint density at radius 3 is 3.00 bits per heavy atom. The standard InChI is InChI=1S/C12H10N4O2S/c17-16(18)11-6-2-1-4-10(11)5-3-7-14-15-12-13-8-9-19-12/h1-9H,(H,13,15). The zero-order chi connectivity index (χ0) is 13.5. The minimum Gasteiger partial charge on any atom is -0.258 e. The lowest BCUT2D eigenvalue weighted by Gasteiger charge is -1.95. The molecule has 0 atom stereocenters. The first kappa shape index (κ1) is 12.9. The summed E-state index contributed by atoms with van der Waals surface area (Å²) >= 11 is 1.43. The number of allylic oxidation sites excluding steroid dienone is 1. The van der Waals surface area contributed by atoms with E-state index in [2.05, 4.69) is 15.5 Å². The molecule has 0 aliphatic heterocycles. The van der Waals surface area contributed by atoms with Crippen LogP contribution in [0.15, 0.2) is 47.0 Å². The molecule has 0 spiro atoms. The van der Waals surface area contributed by atoms with Gasteiger partial charge in [-0.1, -0.05) is 12.1 Å². The lowest BCUT2D eigenvalue weighted by molar-refractivity contribution is -0.385. The van der Waals surface area contributed by atoms with E-state index >= 15 is 0 Å². The molecule has 0 fully saturated rings. The first-order valence-corrected chi connectivity index (χ1v) is 6.24. The number of rotatable bonds is 5. The summed E-state index contributed by atoms with van der Waals surface area (Å²) in [7, 11) is 0. The van der Waals surface area contributed by atoms with E-state index in [0.717, 1.165) is 0 Å². The summed E-state index contributed by atoms with van der Waals surface area (Å²) in [5, 5.41) is 17.2. The van der Waals surface area contributed by atoms with Crippen LogP contribution in [0.1, 0.15) is 5.56 Å². The molecule has 96 valence electrons. The molecule has 0 amide bonds. The largest absolute Gasteiger partial charge is 0.276 e. The molecule has 0 radical (unpaired) electrons. The van der Waals surface area contributed by atoms with Crippen LogP contribution in [0.25, 0.3) is 6.08 Å². The van der Waals surface area contributed by atoms with E-state index < -0.39 is 4.92 Å². The van der Waals surface area contributed by atoms with Crippen LogP contribution in [-0.2, 0) is 0 Å². The number of thiazole rings is 1. The minimum absolute atomic E-state index is 0.0695. The third-order valence-electron chi connectivity index (χ3n) is 2.16. The van der Waals surface area contributed by atoms with Crippen molar-refractivity contribution in [3.8, 4) is 0 Å². The maximum Gasteiger partial charge on any atom is 0.276 e. The van der Waals surface area contributed by atoms with E-state index in [4.69, 9.17) is 0 Å². The van der Waals surface area contributed by atoms with Gasteiger partial charge in [0.2, 0.25) is 5.13 Å². The molecule has 0 aliphatic rings. The fourth-order valence-corrected chi connectivity index (χ4v) is 1.83. The number of nitrogens with one attached hydrogen (secondary N) is 1. The van der Waals surface area contributed by atoms with Gasteiger partial charge in [-0.3, -0.25) is 15.5 Å². The van der Waals surface area contributed by atoms with Crippen LogP contribution < -0.4 is 5.43 Å². The Labute approximate surface area is 113 Å². The molecular weight excluding hydrogens is 264 g/mol. The number of hydrazone groups is 1. The van der Waals surface area contributed by atoms with Gasteiger partial charge < -0.3 is 0 Å².